The molecule has 0 aromatic carbocycles. The normalized spacial score (nSPS) is 17.7. The van der Waals surface area contributed by atoms with Crippen LogP contribution in [-0.2, 0) is 0 Å². The number of hydrogen-bond acceptors (Lipinski definition) is 0. The summed E-state index contributed by atoms with van der Waals surface area (Å²) in [5, 5.41) is 0. The van der Waals surface area contributed by atoms with Crippen molar-refractivity contribution in [3.63, 3.8) is 0 Å². The second kappa shape index (κ2) is 46.6. The van der Waals surface area contributed by atoms with Gasteiger partial charge in [0.25, 0.3) is 0 Å². The Hall–Kier alpha value is -1.47. The number of halogens is 21. The van der Waals surface area contributed by atoms with Crippen LogP contribution in [-0.4, -0.2) is 48.6 Å². The van der Waals surface area contributed by atoms with Gasteiger partial charge in [-0.05, 0) is 115 Å². The van der Waals surface area contributed by atoms with Crippen LogP contribution < -0.4 is 0 Å². The molecule has 21 heteroatoms. The molecule has 85 heavy (non-hydrogen) atoms. The lowest BCUT2D eigenvalue weighted by Crippen LogP contribution is -2.47. The fraction of sp³-hybridized carbons (Fsp3) is 1.00. The molecule has 1 unspecified atom stereocenters. The molecule has 4 rings (SSSR count). The second-order valence-corrected chi connectivity index (χ2v) is 25.8. The molecule has 526 valence electrons. The molecule has 4 aliphatic rings. The van der Waals surface area contributed by atoms with E-state index in [4.69, 9.17) is 0 Å². The second-order valence-electron chi connectivity index (χ2n) is 25.8. The third kappa shape index (κ3) is 58.6. The molecule has 0 aliphatic heterocycles. The first-order valence-corrected chi connectivity index (χ1v) is 31.2. The van der Waals surface area contributed by atoms with E-state index in [-0.39, 0.29) is 33.6 Å². The molecule has 4 fully saturated rings. The molecule has 4 aliphatic carbocycles. The maximum Gasteiger partial charge on any atom is 0.402 e. The van der Waals surface area contributed by atoms with Gasteiger partial charge in [-0.2, -0.15) is 79.0 Å². The Bertz CT molecular complexity index is 1400. The van der Waals surface area contributed by atoms with E-state index in [1.165, 1.54) is 136 Å². The molecule has 0 heterocycles. The van der Waals surface area contributed by atoms with Gasteiger partial charge in [-0.3, -0.25) is 0 Å². The van der Waals surface area contributed by atoms with Gasteiger partial charge in [0.2, 0.25) is 5.92 Å². The summed E-state index contributed by atoms with van der Waals surface area (Å²) in [6, 6.07) is 0. The summed E-state index contributed by atoms with van der Waals surface area (Å²) in [5.41, 5.74) is -6.76. The van der Waals surface area contributed by atoms with Crippen LogP contribution in [0.1, 0.15) is 314 Å². The van der Waals surface area contributed by atoms with Crippen molar-refractivity contribution in [2.75, 3.05) is 0 Å². The van der Waals surface area contributed by atoms with E-state index in [2.05, 4.69) is 76.2 Å². The van der Waals surface area contributed by atoms with E-state index in [0.717, 1.165) is 58.3 Å². The molecule has 1 atom stereocenters. The third-order valence-electron chi connectivity index (χ3n) is 15.2. The topological polar surface area (TPSA) is 0 Å². The van der Waals surface area contributed by atoms with Gasteiger partial charge in [0.05, 0.1) is 5.92 Å². The number of rotatable bonds is 6. The van der Waals surface area contributed by atoms with Gasteiger partial charge in [0, 0.05) is 12.3 Å². The highest BCUT2D eigenvalue weighted by Gasteiger charge is 2.66. The van der Waals surface area contributed by atoms with Crippen LogP contribution in [0.15, 0.2) is 0 Å². The summed E-state index contributed by atoms with van der Waals surface area (Å²) in [6.07, 6.45) is -2.14. The summed E-state index contributed by atoms with van der Waals surface area (Å²) in [7, 11) is 0. The Kier molecular flexibility index (Phi) is 54.6. The minimum absolute atomic E-state index is 0.0625. The van der Waals surface area contributed by atoms with Gasteiger partial charge in [0.15, 0.2) is 10.8 Å². The third-order valence-corrected chi connectivity index (χ3v) is 15.2. The molecule has 4 saturated carbocycles. The molecule has 0 spiro atoms. The monoisotopic (exact) mass is 1290 g/mol. The number of alkyl halides is 21. The average molecular weight is 1290 g/mol. The van der Waals surface area contributed by atoms with Crippen molar-refractivity contribution in [2.24, 2.45) is 51.2 Å². The van der Waals surface area contributed by atoms with Gasteiger partial charge in [-0.1, -0.05) is 221 Å². The highest BCUT2D eigenvalue weighted by atomic mass is 19.4. The van der Waals surface area contributed by atoms with Crippen LogP contribution in [0, 0.1) is 51.2 Å². The van der Waals surface area contributed by atoms with E-state index < -0.39 is 77.7 Å². The Morgan fingerprint density at radius 1 is 0.388 bits per heavy atom. The van der Waals surface area contributed by atoms with Crippen molar-refractivity contribution in [1.29, 1.82) is 0 Å². The molecular weight excluding hydrogens is 1170 g/mol. The predicted octanol–water partition coefficient (Wildman–Crippen LogP) is 29.1. The van der Waals surface area contributed by atoms with E-state index >= 15 is 0 Å². The van der Waals surface area contributed by atoms with Crippen LogP contribution >= 0.6 is 0 Å². The fourth-order valence-corrected chi connectivity index (χ4v) is 6.01. The van der Waals surface area contributed by atoms with Crippen LogP contribution in [0.3, 0.4) is 0 Å². The Morgan fingerprint density at radius 2 is 0.624 bits per heavy atom. The van der Waals surface area contributed by atoms with Crippen molar-refractivity contribution >= 4 is 0 Å². The standard InChI is InChI=1S/C10H20.C8H16.C7H14.C6H8F6.C6H14.C5H6F6.C5H9F3.C4H7F3.C4H8F2.C4H7F.C3H8.C2H6/c1-4-9-5-7-10(2,3)8-6-9;1-2-8-6-4-3-5-7-8;1-2-7-5-3-4-6-7;1-3-4(2,5(7,8)9)6(10,11)12;1-5-6(2,3)4;1-3(2,4(6,7)8)5(9,10)11;1-3-4(2)5(6,7)8;1-3(2)4(5,6)7;1-3-4(2,5)6;1-4(5)2-3-4;1-3-2;1-2/h9H,4-8H2,1-3H3;8H,2-7H2,1H3;7H,2-6H2,1H3;3H2,1-2H3;5H2,1-4H3;1-2H3;4H,3H2,1-2H3;3H,1-2H3;3H2,1-2H3;2-3H2,1H3;3H2,1-2H3;1-2H3. The minimum atomic E-state index is -5.24. The molecule has 0 aromatic rings. The van der Waals surface area contributed by atoms with Gasteiger partial charge in [0.1, 0.15) is 5.67 Å². The smallest absolute Gasteiger partial charge is 0.244 e. The molecule has 0 amide bonds. The van der Waals surface area contributed by atoms with E-state index in [1.54, 1.807) is 6.92 Å². The van der Waals surface area contributed by atoms with E-state index in [1.807, 2.05) is 13.8 Å². The van der Waals surface area contributed by atoms with Crippen molar-refractivity contribution in [3.8, 4) is 0 Å². The summed E-state index contributed by atoms with van der Waals surface area (Å²) < 4.78 is 244. The van der Waals surface area contributed by atoms with Gasteiger partial charge in [-0.25, -0.2) is 13.2 Å². The summed E-state index contributed by atoms with van der Waals surface area (Å²) in [4.78, 5) is 0. The largest absolute Gasteiger partial charge is 0.402 e. The Labute approximate surface area is 504 Å². The summed E-state index contributed by atoms with van der Waals surface area (Å²) in [6.45, 7) is 39.1. The van der Waals surface area contributed by atoms with Gasteiger partial charge >= 0.3 is 37.1 Å². The Balaban J connectivity index is -0.000000129. The first-order chi connectivity index (χ1) is 37.7. The molecule has 0 radical (unpaired) electrons. The first kappa shape index (κ1) is 99.7. The highest BCUT2D eigenvalue weighted by Crippen LogP contribution is 2.52. The lowest BCUT2D eigenvalue weighted by atomic mass is 9.72. The highest BCUT2D eigenvalue weighted by molar-refractivity contribution is 4.89. The first-order valence-electron chi connectivity index (χ1n) is 31.2. The summed E-state index contributed by atoms with van der Waals surface area (Å²) >= 11 is 0. The van der Waals surface area contributed by atoms with Gasteiger partial charge in [-0.15, -0.1) is 0 Å². The molecule has 0 N–H and O–H groups in total. The zero-order valence-corrected chi connectivity index (χ0v) is 57.1. The lowest BCUT2D eigenvalue weighted by Gasteiger charge is -2.33. The van der Waals surface area contributed by atoms with Crippen molar-refractivity contribution in [1.82, 2.24) is 0 Å². The lowest BCUT2D eigenvalue weighted by molar-refractivity contribution is -0.335. The average Bonchev–Trinajstić information content (AvgIpc) is 3.79. The fourth-order valence-electron chi connectivity index (χ4n) is 6.01. The maximum atomic E-state index is 11.9. The molecule has 0 bridgehead atoms. The summed E-state index contributed by atoms with van der Waals surface area (Å²) in [5.74, 6) is -1.58. The van der Waals surface area contributed by atoms with Crippen molar-refractivity contribution in [3.05, 3.63) is 0 Å². The quantitative estimate of drug-likeness (QED) is 0.233. The number of hydrogen-bond donors (Lipinski definition) is 0. The van der Waals surface area contributed by atoms with Crippen LogP contribution in [0.2, 0.25) is 0 Å². The zero-order chi connectivity index (χ0) is 70.2. The molecular formula is C64H123F21. The zero-order valence-electron chi connectivity index (χ0n) is 57.1. The van der Waals surface area contributed by atoms with Crippen LogP contribution in [0.25, 0.3) is 0 Å². The van der Waals surface area contributed by atoms with Crippen molar-refractivity contribution < 1.29 is 92.2 Å². The molecule has 0 nitrogen and oxygen atoms in total. The SMILES string of the molecule is CC.CC(C)(C(F)(F)F)C(F)(F)F.CC(C)C(F)(F)F.CC1(F)CC1.CCC.CCC(C)(C(F)(F)F)C(F)(F)F.CCC(C)(C)C.CCC(C)(F)F.CCC(C)C(F)(F)F.CCC1CCC(C)(C)CC1.CCC1CCCC1.CCC1CCCCC1. The van der Waals surface area contributed by atoms with Crippen LogP contribution in [0.5, 0.6) is 0 Å². The van der Waals surface area contributed by atoms with E-state index in [0.29, 0.717) is 10.8 Å². The van der Waals surface area contributed by atoms with E-state index in [9.17, 15) is 92.2 Å². The predicted molar refractivity (Wildman–Crippen MR) is 315 cm³/mol. The minimum Gasteiger partial charge on any atom is -0.244 e. The van der Waals surface area contributed by atoms with Crippen LogP contribution in [0.4, 0.5) is 92.2 Å². The van der Waals surface area contributed by atoms with Gasteiger partial charge < -0.3 is 0 Å². The maximum absolute atomic E-state index is 11.9. The van der Waals surface area contributed by atoms with Crippen molar-refractivity contribution in [2.45, 2.75) is 362 Å². The Morgan fingerprint density at radius 3 is 0.718 bits per heavy atom. The molecule has 0 saturated heterocycles. The molecule has 0 aromatic heterocycles.